The number of ether oxygens (including phenoxy) is 2. The highest BCUT2D eigenvalue weighted by molar-refractivity contribution is 6.04. The number of carbonyl (C=O) groups is 2. The van der Waals surface area contributed by atoms with Gasteiger partial charge in [-0.05, 0) is 19.9 Å². The number of rotatable bonds is 3. The second-order valence-electron chi connectivity index (χ2n) is 6.92. The molecule has 28 heavy (non-hydrogen) atoms. The maximum atomic E-state index is 15.4. The summed E-state index contributed by atoms with van der Waals surface area (Å²) >= 11 is 0. The lowest BCUT2D eigenvalue weighted by molar-refractivity contribution is -0.00543. The molecule has 3 heterocycles. The molecule has 3 atom stereocenters. The maximum Gasteiger partial charge on any atom is 0.416 e. The van der Waals surface area contributed by atoms with E-state index >= 15 is 4.39 Å². The van der Waals surface area contributed by atoms with Crippen LogP contribution < -0.4 is 9.80 Å². The zero-order chi connectivity index (χ0) is 20.0. The first kappa shape index (κ1) is 18.3. The zero-order valence-corrected chi connectivity index (χ0v) is 15.3. The van der Waals surface area contributed by atoms with Gasteiger partial charge in [0.25, 0.3) is 0 Å². The van der Waals surface area contributed by atoms with E-state index in [1.54, 1.807) is 4.90 Å². The van der Waals surface area contributed by atoms with Crippen LogP contribution in [0.25, 0.3) is 11.0 Å². The van der Waals surface area contributed by atoms with Gasteiger partial charge in [-0.25, -0.2) is 14.1 Å². The van der Waals surface area contributed by atoms with Crippen molar-refractivity contribution in [2.24, 2.45) is 0 Å². The van der Waals surface area contributed by atoms with Crippen LogP contribution >= 0.6 is 0 Å². The normalized spacial score (nSPS) is 25.1. The minimum atomic E-state index is -0.718. The molecule has 2 aliphatic rings. The van der Waals surface area contributed by atoms with Gasteiger partial charge in [0, 0.05) is 18.7 Å². The van der Waals surface area contributed by atoms with E-state index in [2.05, 4.69) is 11.1 Å². The summed E-state index contributed by atoms with van der Waals surface area (Å²) in [6.45, 7) is 4.60. The third-order valence-electron chi connectivity index (χ3n) is 4.85. The van der Waals surface area contributed by atoms with E-state index in [1.165, 1.54) is 6.07 Å². The Morgan fingerprint density at radius 1 is 1.36 bits per heavy atom. The van der Waals surface area contributed by atoms with Gasteiger partial charge in [-0.2, -0.15) is 0 Å². The Morgan fingerprint density at radius 3 is 2.71 bits per heavy atom. The number of morpholine rings is 1. The molecule has 1 amide bonds. The molecule has 0 aliphatic carbocycles. The van der Waals surface area contributed by atoms with E-state index < -0.39 is 18.0 Å². The minimum absolute atomic E-state index is 0.00561. The number of amides is 1. The van der Waals surface area contributed by atoms with E-state index in [-0.39, 0.29) is 46.9 Å². The van der Waals surface area contributed by atoms with Gasteiger partial charge < -0.3 is 18.9 Å². The van der Waals surface area contributed by atoms with E-state index in [1.807, 2.05) is 13.8 Å². The van der Waals surface area contributed by atoms with Crippen molar-refractivity contribution in [1.82, 2.24) is 5.16 Å². The molecule has 1 aromatic carbocycles. The van der Waals surface area contributed by atoms with E-state index in [0.717, 1.165) is 4.90 Å². The van der Waals surface area contributed by atoms with Gasteiger partial charge in [0.15, 0.2) is 17.9 Å². The van der Waals surface area contributed by atoms with Crippen LogP contribution in [0.1, 0.15) is 24.2 Å². The van der Waals surface area contributed by atoms with Crippen LogP contribution in [0.4, 0.5) is 20.7 Å². The monoisotopic (exact) mass is 387 g/mol. The summed E-state index contributed by atoms with van der Waals surface area (Å²) in [5.41, 5.74) is 0.100. The second-order valence-corrected chi connectivity index (χ2v) is 6.92. The average molecular weight is 387 g/mol. The molecule has 0 bridgehead atoms. The smallest absolute Gasteiger partial charge is 0.416 e. The third kappa shape index (κ3) is 2.77. The van der Waals surface area contributed by atoms with Crippen LogP contribution in [-0.4, -0.2) is 55.5 Å². The van der Waals surface area contributed by atoms with Crippen molar-refractivity contribution in [2.45, 2.75) is 32.1 Å². The number of halogens is 1. The van der Waals surface area contributed by atoms with Gasteiger partial charge in [0.2, 0.25) is 5.58 Å². The summed E-state index contributed by atoms with van der Waals surface area (Å²) in [7, 11) is 0. The van der Waals surface area contributed by atoms with Gasteiger partial charge in [-0.15, -0.1) is 6.42 Å². The topological polar surface area (TPSA) is 85.1 Å². The van der Waals surface area contributed by atoms with Crippen LogP contribution in [0, 0.1) is 18.2 Å². The minimum Gasteiger partial charge on any atom is -0.446 e. The molecule has 8 nitrogen and oxygen atoms in total. The van der Waals surface area contributed by atoms with Crippen molar-refractivity contribution in [3.8, 4) is 12.3 Å². The summed E-state index contributed by atoms with van der Waals surface area (Å²) in [4.78, 5) is 26.7. The lowest BCUT2D eigenvalue weighted by Crippen LogP contribution is -2.46. The molecule has 0 spiro atoms. The lowest BCUT2D eigenvalue weighted by atomic mass is 10.1. The SMILES string of the molecule is C#CC1COC(=O)N1c1noc2c(F)c(N3C[C@@H](C)O[C@H](C)C3)c(C=O)cc12. The molecule has 2 saturated heterocycles. The van der Waals surface area contributed by atoms with Gasteiger partial charge in [0.1, 0.15) is 12.6 Å². The quantitative estimate of drug-likeness (QED) is 0.590. The molecule has 146 valence electrons. The Hall–Kier alpha value is -3.12. The average Bonchev–Trinajstić information content (AvgIpc) is 3.23. The zero-order valence-electron chi connectivity index (χ0n) is 15.3. The number of anilines is 2. The van der Waals surface area contributed by atoms with Crippen LogP contribution in [0.3, 0.4) is 0 Å². The van der Waals surface area contributed by atoms with Gasteiger partial charge in [-0.3, -0.25) is 4.79 Å². The molecule has 2 aliphatic heterocycles. The summed E-state index contributed by atoms with van der Waals surface area (Å²) in [5, 5.41) is 4.01. The summed E-state index contributed by atoms with van der Waals surface area (Å²) in [6.07, 6.45) is 5.06. The highest BCUT2D eigenvalue weighted by atomic mass is 19.1. The van der Waals surface area contributed by atoms with Crippen molar-refractivity contribution in [3.63, 3.8) is 0 Å². The number of cyclic esters (lactones) is 1. The Bertz CT molecular complexity index is 988. The second kappa shape index (κ2) is 6.80. The number of aldehydes is 1. The van der Waals surface area contributed by atoms with Crippen molar-refractivity contribution in [3.05, 3.63) is 17.4 Å². The number of benzene rings is 1. The number of terminal acetylenes is 1. The van der Waals surface area contributed by atoms with Gasteiger partial charge in [-0.1, -0.05) is 11.1 Å². The number of hydrogen-bond acceptors (Lipinski definition) is 7. The molecule has 1 unspecified atom stereocenters. The summed E-state index contributed by atoms with van der Waals surface area (Å²) in [5.74, 6) is 1.73. The van der Waals surface area contributed by atoms with Crippen LogP contribution in [-0.2, 0) is 9.47 Å². The number of hydrogen-bond donors (Lipinski definition) is 0. The first-order chi connectivity index (χ1) is 13.4. The Balaban J connectivity index is 1.85. The number of aromatic nitrogens is 1. The van der Waals surface area contributed by atoms with Crippen LogP contribution in [0.2, 0.25) is 0 Å². The fraction of sp³-hybridized carbons (Fsp3) is 0.421. The van der Waals surface area contributed by atoms with E-state index in [9.17, 15) is 9.59 Å². The Kier molecular flexibility index (Phi) is 4.43. The first-order valence-electron chi connectivity index (χ1n) is 8.84. The highest BCUT2D eigenvalue weighted by Crippen LogP contribution is 2.38. The van der Waals surface area contributed by atoms with Gasteiger partial charge in [0.05, 0.1) is 23.3 Å². The lowest BCUT2D eigenvalue weighted by Gasteiger charge is -2.37. The van der Waals surface area contributed by atoms with E-state index in [4.69, 9.17) is 20.4 Å². The molecule has 4 rings (SSSR count). The van der Waals surface area contributed by atoms with Crippen molar-refractivity contribution in [1.29, 1.82) is 0 Å². The number of carbonyl (C=O) groups excluding carboxylic acids is 2. The van der Waals surface area contributed by atoms with Gasteiger partial charge >= 0.3 is 6.09 Å². The molecule has 0 N–H and O–H groups in total. The maximum absolute atomic E-state index is 15.4. The Morgan fingerprint density at radius 2 is 2.07 bits per heavy atom. The standard InChI is InChI=1S/C19H18FN3O5/c1-4-13-9-26-19(25)23(13)18-14-5-12(8-24)16(15(20)17(14)28-21-18)22-6-10(2)27-11(3)7-22/h1,5,8,10-11,13H,6-7,9H2,2-3H3/t10-,11-,13?/m1/s1. The fourth-order valence-corrected chi connectivity index (χ4v) is 3.76. The van der Waals surface area contributed by atoms with Crippen LogP contribution in [0.15, 0.2) is 10.6 Å². The van der Waals surface area contributed by atoms with E-state index in [0.29, 0.717) is 19.4 Å². The molecule has 0 saturated carbocycles. The molecular formula is C19H18FN3O5. The predicted octanol–water partition coefficient (Wildman–Crippen LogP) is 2.35. The molecular weight excluding hydrogens is 369 g/mol. The van der Waals surface area contributed by atoms with Crippen molar-refractivity contribution in [2.75, 3.05) is 29.5 Å². The molecule has 1 aromatic heterocycles. The Labute approximate surface area is 160 Å². The predicted molar refractivity (Wildman–Crippen MR) is 98.0 cm³/mol. The molecule has 2 fully saturated rings. The number of nitrogens with zero attached hydrogens (tertiary/aromatic N) is 3. The van der Waals surface area contributed by atoms with Crippen LogP contribution in [0.5, 0.6) is 0 Å². The van der Waals surface area contributed by atoms with Crippen molar-refractivity contribution >= 4 is 34.9 Å². The van der Waals surface area contributed by atoms with Crippen molar-refractivity contribution < 1.29 is 28.0 Å². The highest BCUT2D eigenvalue weighted by Gasteiger charge is 2.38. The molecule has 2 aromatic rings. The third-order valence-corrected chi connectivity index (χ3v) is 4.85. The summed E-state index contributed by atoms with van der Waals surface area (Å²) in [6, 6.07) is 0.764. The fourth-order valence-electron chi connectivity index (χ4n) is 3.76. The largest absolute Gasteiger partial charge is 0.446 e. The summed E-state index contributed by atoms with van der Waals surface area (Å²) < 4.78 is 31.2. The number of fused-ring (bicyclic) bond motifs is 1. The molecule has 9 heteroatoms. The first-order valence-corrected chi connectivity index (χ1v) is 8.84. The molecule has 0 radical (unpaired) electrons.